The van der Waals surface area contributed by atoms with E-state index in [1.165, 1.54) is 5.56 Å². The molecule has 1 saturated heterocycles. The molecule has 0 unspecified atom stereocenters. The van der Waals surface area contributed by atoms with Gasteiger partial charge in [0.2, 0.25) is 0 Å². The summed E-state index contributed by atoms with van der Waals surface area (Å²) in [5.74, 6) is 0.569. The number of carbonyl (C=O) groups is 1. The lowest BCUT2D eigenvalue weighted by atomic mass is 9.96. The van der Waals surface area contributed by atoms with Crippen LogP contribution >= 0.6 is 22.9 Å². The van der Waals surface area contributed by atoms with Crippen molar-refractivity contribution < 1.29 is 4.79 Å². The molecule has 2 amide bonds. The quantitative estimate of drug-likeness (QED) is 0.795. The highest BCUT2D eigenvalue weighted by Crippen LogP contribution is 2.19. The number of amides is 2. The number of thiophene rings is 1. The molecular weight excluding hydrogens is 354 g/mol. The molecular formula is C19H24ClN3OS. The molecule has 6 heteroatoms. The van der Waals surface area contributed by atoms with Gasteiger partial charge in [-0.25, -0.2) is 4.79 Å². The van der Waals surface area contributed by atoms with Crippen molar-refractivity contribution in [3.8, 4) is 0 Å². The number of likely N-dealkylation sites (tertiary alicyclic amines) is 1. The number of piperidine rings is 1. The Morgan fingerprint density at radius 3 is 2.56 bits per heavy atom. The molecule has 0 radical (unpaired) electrons. The Kier molecular flexibility index (Phi) is 6.73. The molecule has 1 aromatic carbocycles. The first-order valence-electron chi connectivity index (χ1n) is 8.68. The predicted molar refractivity (Wildman–Crippen MR) is 104 cm³/mol. The van der Waals surface area contributed by atoms with E-state index in [4.69, 9.17) is 11.6 Å². The van der Waals surface area contributed by atoms with E-state index in [0.717, 1.165) is 44.6 Å². The van der Waals surface area contributed by atoms with Crippen LogP contribution in [-0.2, 0) is 13.1 Å². The summed E-state index contributed by atoms with van der Waals surface area (Å²) in [5.41, 5.74) is 2.45. The normalized spacial score (nSPS) is 15.9. The van der Waals surface area contributed by atoms with Crippen molar-refractivity contribution in [1.29, 1.82) is 0 Å². The third-order valence-corrected chi connectivity index (χ3v) is 5.60. The Hall–Kier alpha value is -1.56. The van der Waals surface area contributed by atoms with E-state index < -0.39 is 0 Å². The van der Waals surface area contributed by atoms with Crippen LogP contribution in [0.1, 0.15) is 24.0 Å². The van der Waals surface area contributed by atoms with Crippen LogP contribution in [0.4, 0.5) is 4.79 Å². The van der Waals surface area contributed by atoms with Crippen molar-refractivity contribution >= 4 is 29.0 Å². The lowest BCUT2D eigenvalue weighted by Crippen LogP contribution is -2.41. The van der Waals surface area contributed by atoms with Gasteiger partial charge in [0, 0.05) is 24.7 Å². The summed E-state index contributed by atoms with van der Waals surface area (Å²) in [6.45, 7) is 4.52. The van der Waals surface area contributed by atoms with Crippen molar-refractivity contribution in [2.45, 2.75) is 25.9 Å². The molecule has 0 bridgehead atoms. The fraction of sp³-hybridized carbons (Fsp3) is 0.421. The maximum atomic E-state index is 11.9. The van der Waals surface area contributed by atoms with Crippen LogP contribution in [0.5, 0.6) is 0 Å². The number of hydrogen-bond donors (Lipinski definition) is 2. The molecule has 2 N–H and O–H groups in total. The minimum Gasteiger partial charge on any atom is -0.338 e. The molecule has 134 valence electrons. The van der Waals surface area contributed by atoms with E-state index in [0.29, 0.717) is 17.5 Å². The highest BCUT2D eigenvalue weighted by atomic mass is 35.5. The fourth-order valence-corrected chi connectivity index (χ4v) is 3.86. The molecule has 1 fully saturated rings. The molecule has 0 aliphatic carbocycles. The standard InChI is InChI=1S/C19H24ClN3OS/c20-18-3-1-15(2-4-18)11-21-19(24)22-12-16-5-8-23(9-6-16)13-17-7-10-25-14-17/h1-4,7,10,14,16H,5-6,8-9,11-13H2,(H2,21,22,24). The van der Waals surface area contributed by atoms with Gasteiger partial charge in [-0.3, -0.25) is 4.90 Å². The minimum atomic E-state index is -0.101. The largest absolute Gasteiger partial charge is 0.338 e. The van der Waals surface area contributed by atoms with Gasteiger partial charge in [-0.15, -0.1) is 0 Å². The molecule has 0 spiro atoms. The molecule has 2 aromatic rings. The maximum Gasteiger partial charge on any atom is 0.315 e. The number of nitrogens with one attached hydrogen (secondary N) is 2. The van der Waals surface area contributed by atoms with Gasteiger partial charge in [0.15, 0.2) is 0 Å². The minimum absolute atomic E-state index is 0.101. The summed E-state index contributed by atoms with van der Waals surface area (Å²) in [6, 6.07) is 9.61. The van der Waals surface area contributed by atoms with E-state index >= 15 is 0 Å². The van der Waals surface area contributed by atoms with Crippen LogP contribution in [0.25, 0.3) is 0 Å². The average Bonchev–Trinajstić information content (AvgIpc) is 3.14. The molecule has 3 rings (SSSR count). The topological polar surface area (TPSA) is 44.4 Å². The van der Waals surface area contributed by atoms with E-state index in [1.54, 1.807) is 11.3 Å². The average molecular weight is 378 g/mol. The van der Waals surface area contributed by atoms with Gasteiger partial charge in [-0.1, -0.05) is 23.7 Å². The molecule has 0 saturated carbocycles. The van der Waals surface area contributed by atoms with E-state index in [2.05, 4.69) is 32.4 Å². The zero-order chi connectivity index (χ0) is 17.5. The number of benzene rings is 1. The van der Waals surface area contributed by atoms with Gasteiger partial charge in [0.25, 0.3) is 0 Å². The van der Waals surface area contributed by atoms with Crippen LogP contribution in [-0.4, -0.2) is 30.6 Å². The molecule has 1 aromatic heterocycles. The maximum absolute atomic E-state index is 11.9. The third-order valence-electron chi connectivity index (χ3n) is 4.61. The monoisotopic (exact) mass is 377 g/mol. The molecule has 2 heterocycles. The van der Waals surface area contributed by atoms with Crippen LogP contribution in [0, 0.1) is 5.92 Å². The highest BCUT2D eigenvalue weighted by molar-refractivity contribution is 7.07. The Balaban J connectivity index is 1.31. The van der Waals surface area contributed by atoms with Gasteiger partial charge in [0.1, 0.15) is 0 Å². The van der Waals surface area contributed by atoms with Crippen molar-refractivity contribution in [3.05, 3.63) is 57.2 Å². The number of rotatable bonds is 6. The van der Waals surface area contributed by atoms with Gasteiger partial charge < -0.3 is 10.6 Å². The van der Waals surface area contributed by atoms with Crippen LogP contribution in [0.3, 0.4) is 0 Å². The van der Waals surface area contributed by atoms with E-state index in [1.807, 2.05) is 24.3 Å². The summed E-state index contributed by atoms with van der Waals surface area (Å²) < 4.78 is 0. The number of halogens is 1. The van der Waals surface area contributed by atoms with Gasteiger partial charge in [-0.05, 0) is 71.9 Å². The van der Waals surface area contributed by atoms with Crippen molar-refractivity contribution in [1.82, 2.24) is 15.5 Å². The summed E-state index contributed by atoms with van der Waals surface area (Å²) in [4.78, 5) is 14.4. The number of hydrogen-bond acceptors (Lipinski definition) is 3. The zero-order valence-electron chi connectivity index (χ0n) is 14.2. The van der Waals surface area contributed by atoms with Crippen molar-refractivity contribution in [3.63, 3.8) is 0 Å². The Labute approximate surface area is 158 Å². The smallest absolute Gasteiger partial charge is 0.315 e. The Morgan fingerprint density at radius 2 is 1.88 bits per heavy atom. The van der Waals surface area contributed by atoms with Crippen LogP contribution in [0.15, 0.2) is 41.1 Å². The lowest BCUT2D eigenvalue weighted by molar-refractivity contribution is 0.175. The summed E-state index contributed by atoms with van der Waals surface area (Å²) in [6.07, 6.45) is 2.28. The summed E-state index contributed by atoms with van der Waals surface area (Å²) in [5, 5.41) is 11.0. The summed E-state index contributed by atoms with van der Waals surface area (Å²) in [7, 11) is 0. The molecule has 1 aliphatic rings. The van der Waals surface area contributed by atoms with Gasteiger partial charge >= 0.3 is 6.03 Å². The first kappa shape index (κ1) is 18.2. The van der Waals surface area contributed by atoms with E-state index in [9.17, 15) is 4.79 Å². The van der Waals surface area contributed by atoms with Crippen LogP contribution in [0.2, 0.25) is 5.02 Å². The number of carbonyl (C=O) groups excluding carboxylic acids is 1. The van der Waals surface area contributed by atoms with Crippen molar-refractivity contribution in [2.75, 3.05) is 19.6 Å². The third kappa shape index (κ3) is 6.03. The summed E-state index contributed by atoms with van der Waals surface area (Å²) >= 11 is 7.61. The molecule has 25 heavy (non-hydrogen) atoms. The second-order valence-corrected chi connectivity index (χ2v) is 7.76. The number of nitrogens with zero attached hydrogens (tertiary/aromatic N) is 1. The first-order chi connectivity index (χ1) is 12.2. The lowest BCUT2D eigenvalue weighted by Gasteiger charge is -2.31. The van der Waals surface area contributed by atoms with Gasteiger partial charge in [-0.2, -0.15) is 11.3 Å². The van der Waals surface area contributed by atoms with E-state index in [-0.39, 0.29) is 6.03 Å². The Morgan fingerprint density at radius 1 is 1.12 bits per heavy atom. The first-order valence-corrected chi connectivity index (χ1v) is 10.0. The molecule has 1 aliphatic heterocycles. The fourth-order valence-electron chi connectivity index (χ4n) is 3.07. The predicted octanol–water partition coefficient (Wildman–Crippen LogP) is 4.11. The molecule has 4 nitrogen and oxygen atoms in total. The number of urea groups is 1. The van der Waals surface area contributed by atoms with Gasteiger partial charge in [0.05, 0.1) is 0 Å². The van der Waals surface area contributed by atoms with Crippen LogP contribution < -0.4 is 10.6 Å². The van der Waals surface area contributed by atoms with Crippen molar-refractivity contribution in [2.24, 2.45) is 5.92 Å². The Bertz CT molecular complexity index is 652. The highest BCUT2D eigenvalue weighted by Gasteiger charge is 2.19. The second-order valence-electron chi connectivity index (χ2n) is 6.54. The molecule has 0 atom stereocenters. The zero-order valence-corrected chi connectivity index (χ0v) is 15.8. The second kappa shape index (κ2) is 9.22. The SMILES string of the molecule is O=C(NCc1ccc(Cl)cc1)NCC1CCN(Cc2ccsc2)CC1.